The number of hydrogen-bond acceptors (Lipinski definition) is 2. The van der Waals surface area contributed by atoms with Crippen LogP contribution in [0.5, 0.6) is 0 Å². The first-order chi connectivity index (χ1) is 9.25. The summed E-state index contributed by atoms with van der Waals surface area (Å²) in [5, 5.41) is 0. The van der Waals surface area contributed by atoms with Gasteiger partial charge in [-0.25, -0.2) is 0 Å². The molecule has 0 amide bonds. The smallest absolute Gasteiger partial charge is 0.0454 e. The molecule has 1 aliphatic heterocycles. The topological polar surface area (TPSA) is 3.24 Å². The average molecular weight is 271 g/mol. The Hall–Kier alpha value is -1.41. The minimum atomic E-state index is 1.02. The van der Waals surface area contributed by atoms with Gasteiger partial charge in [-0.3, -0.25) is 0 Å². The molecule has 0 aliphatic carbocycles. The molecule has 2 aromatic rings. The molecule has 0 radical (unpaired) electrons. The van der Waals surface area contributed by atoms with Gasteiger partial charge in [0.05, 0.1) is 0 Å². The second kappa shape index (κ2) is 6.16. The molecule has 19 heavy (non-hydrogen) atoms. The van der Waals surface area contributed by atoms with Crippen molar-refractivity contribution in [3.8, 4) is 11.1 Å². The van der Waals surface area contributed by atoms with Crippen LogP contribution in [0.1, 0.15) is 19.4 Å². The fourth-order valence-corrected chi connectivity index (χ4v) is 2.67. The molecule has 2 aromatic carbocycles. The Morgan fingerprint density at radius 1 is 1.00 bits per heavy atom. The van der Waals surface area contributed by atoms with Crippen LogP contribution in [0.3, 0.4) is 0 Å². The van der Waals surface area contributed by atoms with Gasteiger partial charge in [-0.05, 0) is 29.7 Å². The zero-order chi connectivity index (χ0) is 13.8. The quantitative estimate of drug-likeness (QED) is 0.682. The molecular formula is C17H21NS. The summed E-state index contributed by atoms with van der Waals surface area (Å²) in [5.41, 5.74) is 5.39. The normalized spacial score (nSPS) is 12.7. The molecule has 1 nitrogen and oxygen atoms in total. The average Bonchev–Trinajstić information content (AvgIpc) is 2.60. The molecule has 0 aromatic heterocycles. The molecule has 0 saturated carbocycles. The number of thiol groups is 1. The van der Waals surface area contributed by atoms with E-state index in [4.69, 9.17) is 0 Å². The summed E-state index contributed by atoms with van der Waals surface area (Å²) >= 11 is 4.44. The molecular weight excluding hydrogens is 250 g/mol. The van der Waals surface area contributed by atoms with Gasteiger partial charge < -0.3 is 4.90 Å². The Labute approximate surface area is 121 Å². The summed E-state index contributed by atoms with van der Waals surface area (Å²) in [6.45, 7) is 5.06. The van der Waals surface area contributed by atoms with E-state index >= 15 is 0 Å². The Morgan fingerprint density at radius 3 is 2.53 bits per heavy atom. The van der Waals surface area contributed by atoms with E-state index in [1.54, 1.807) is 0 Å². The van der Waals surface area contributed by atoms with Gasteiger partial charge in [0.15, 0.2) is 0 Å². The first kappa shape index (κ1) is 14.0. The summed E-state index contributed by atoms with van der Waals surface area (Å²) in [4.78, 5) is 3.34. The van der Waals surface area contributed by atoms with Crippen LogP contribution in [-0.2, 0) is 6.42 Å². The van der Waals surface area contributed by atoms with Crippen molar-refractivity contribution in [2.75, 3.05) is 18.5 Å². The lowest BCUT2D eigenvalue weighted by Gasteiger charge is -2.19. The minimum absolute atomic E-state index is 1.02. The SMILES string of the molecule is CC.CN1CCc2ccccc2-c2ccc(S)cc21. The summed E-state index contributed by atoms with van der Waals surface area (Å²) < 4.78 is 0. The summed E-state index contributed by atoms with van der Waals surface area (Å²) in [7, 11) is 2.15. The minimum Gasteiger partial charge on any atom is -0.374 e. The predicted molar refractivity (Wildman–Crippen MR) is 87.5 cm³/mol. The van der Waals surface area contributed by atoms with Gasteiger partial charge in [0, 0.05) is 29.7 Å². The third-order valence-electron chi connectivity index (χ3n) is 3.42. The second-order valence-corrected chi connectivity index (χ2v) is 5.05. The first-order valence-electron chi connectivity index (χ1n) is 6.88. The number of anilines is 1. The first-order valence-corrected chi connectivity index (χ1v) is 7.33. The Bertz CT molecular complexity index is 563. The Morgan fingerprint density at radius 2 is 1.74 bits per heavy atom. The van der Waals surface area contributed by atoms with E-state index in [2.05, 4.69) is 67.0 Å². The highest BCUT2D eigenvalue weighted by Gasteiger charge is 2.16. The van der Waals surface area contributed by atoms with Crippen molar-refractivity contribution >= 4 is 18.3 Å². The third kappa shape index (κ3) is 2.79. The molecule has 0 unspecified atom stereocenters. The van der Waals surface area contributed by atoms with E-state index in [0.717, 1.165) is 17.9 Å². The maximum Gasteiger partial charge on any atom is 0.0454 e. The maximum absolute atomic E-state index is 4.44. The number of rotatable bonds is 0. The van der Waals surface area contributed by atoms with E-state index in [-0.39, 0.29) is 0 Å². The molecule has 100 valence electrons. The van der Waals surface area contributed by atoms with E-state index in [1.165, 1.54) is 22.4 Å². The van der Waals surface area contributed by atoms with Crippen molar-refractivity contribution in [2.45, 2.75) is 25.2 Å². The molecule has 1 heterocycles. The monoisotopic (exact) mass is 271 g/mol. The van der Waals surface area contributed by atoms with Gasteiger partial charge in [0.2, 0.25) is 0 Å². The van der Waals surface area contributed by atoms with Crippen molar-refractivity contribution in [1.29, 1.82) is 0 Å². The zero-order valence-electron chi connectivity index (χ0n) is 11.9. The highest BCUT2D eigenvalue weighted by molar-refractivity contribution is 7.80. The van der Waals surface area contributed by atoms with Gasteiger partial charge in [-0.2, -0.15) is 0 Å². The van der Waals surface area contributed by atoms with E-state index in [9.17, 15) is 0 Å². The molecule has 0 atom stereocenters. The molecule has 0 spiro atoms. The summed E-state index contributed by atoms with van der Waals surface area (Å²) in [5.74, 6) is 0. The molecule has 3 rings (SSSR count). The number of hydrogen-bond donors (Lipinski definition) is 1. The largest absolute Gasteiger partial charge is 0.374 e. The second-order valence-electron chi connectivity index (χ2n) is 4.53. The van der Waals surface area contributed by atoms with Crippen LogP contribution >= 0.6 is 12.6 Å². The van der Waals surface area contributed by atoms with E-state index < -0.39 is 0 Å². The van der Waals surface area contributed by atoms with Gasteiger partial charge in [0.1, 0.15) is 0 Å². The van der Waals surface area contributed by atoms with Gasteiger partial charge in [0.25, 0.3) is 0 Å². The lowest BCUT2D eigenvalue weighted by molar-refractivity contribution is 0.888. The van der Waals surface area contributed by atoms with Gasteiger partial charge in [-0.15, -0.1) is 12.6 Å². The zero-order valence-corrected chi connectivity index (χ0v) is 12.7. The summed E-state index contributed by atoms with van der Waals surface area (Å²) in [6.07, 6.45) is 1.10. The van der Waals surface area contributed by atoms with Gasteiger partial charge >= 0.3 is 0 Å². The summed E-state index contributed by atoms with van der Waals surface area (Å²) in [6, 6.07) is 15.1. The highest BCUT2D eigenvalue weighted by atomic mass is 32.1. The van der Waals surface area contributed by atoms with Crippen LogP contribution in [0.25, 0.3) is 11.1 Å². The Balaban J connectivity index is 0.000000637. The number of fused-ring (bicyclic) bond motifs is 3. The molecule has 2 heteroatoms. The lowest BCUT2D eigenvalue weighted by Crippen LogP contribution is -2.19. The van der Waals surface area contributed by atoms with Crippen molar-refractivity contribution in [2.24, 2.45) is 0 Å². The van der Waals surface area contributed by atoms with Crippen LogP contribution < -0.4 is 4.90 Å². The molecule has 0 fully saturated rings. The van der Waals surface area contributed by atoms with E-state index in [1.807, 2.05) is 13.8 Å². The van der Waals surface area contributed by atoms with Crippen LogP contribution in [-0.4, -0.2) is 13.6 Å². The van der Waals surface area contributed by atoms with Crippen LogP contribution in [0.2, 0.25) is 0 Å². The molecule has 0 bridgehead atoms. The maximum atomic E-state index is 4.44. The number of likely N-dealkylation sites (N-methyl/N-ethyl adjacent to an activating group) is 1. The van der Waals surface area contributed by atoms with Crippen molar-refractivity contribution < 1.29 is 0 Å². The third-order valence-corrected chi connectivity index (χ3v) is 3.69. The van der Waals surface area contributed by atoms with Crippen molar-refractivity contribution in [1.82, 2.24) is 0 Å². The fraction of sp³-hybridized carbons (Fsp3) is 0.294. The van der Waals surface area contributed by atoms with Crippen LogP contribution in [0.15, 0.2) is 47.4 Å². The number of benzene rings is 2. The number of nitrogens with zero attached hydrogens (tertiary/aromatic N) is 1. The highest BCUT2D eigenvalue weighted by Crippen LogP contribution is 2.36. The molecule has 0 saturated heterocycles. The van der Waals surface area contributed by atoms with E-state index in [0.29, 0.717) is 0 Å². The standard InChI is InChI=1S/C15H15NS.C2H6/c1-16-9-8-11-4-2-3-5-13(11)14-7-6-12(17)10-15(14)16;1-2/h2-7,10,17H,8-9H2,1H3;1-2H3. The predicted octanol–water partition coefficient (Wildman–Crippen LogP) is 4.66. The van der Waals surface area contributed by atoms with Crippen LogP contribution in [0, 0.1) is 0 Å². The van der Waals surface area contributed by atoms with Crippen LogP contribution in [0.4, 0.5) is 5.69 Å². The Kier molecular flexibility index (Phi) is 4.54. The van der Waals surface area contributed by atoms with Crippen molar-refractivity contribution in [3.05, 3.63) is 48.0 Å². The van der Waals surface area contributed by atoms with Crippen molar-refractivity contribution in [3.63, 3.8) is 0 Å². The molecule has 0 N–H and O–H groups in total. The van der Waals surface area contributed by atoms with Gasteiger partial charge in [-0.1, -0.05) is 44.2 Å². The fourth-order valence-electron chi connectivity index (χ4n) is 2.47. The lowest BCUT2D eigenvalue weighted by atomic mass is 9.98. The molecule has 1 aliphatic rings.